The smallest absolute Gasteiger partial charge is 0.165 e. The molecule has 0 aromatic heterocycles. The van der Waals surface area contributed by atoms with Gasteiger partial charge in [0.15, 0.2) is 11.6 Å². The molecule has 0 spiro atoms. The second-order valence-corrected chi connectivity index (χ2v) is 5.07. The fourth-order valence-electron chi connectivity index (χ4n) is 1.69. The molecule has 2 aromatic rings. The molecule has 100 valence electrons. The number of hydrogen-bond donors (Lipinski definition) is 2. The lowest BCUT2D eigenvalue weighted by Gasteiger charge is -2.11. The lowest BCUT2D eigenvalue weighted by atomic mass is 10.1. The standard InChI is InChI=1S/C14H12BrF2NO/c1-8-4-11(16)10(15)6-13(8)18-7-9-2-3-14(19)12(17)5-9/h2-6,18-19H,7H2,1H3. The van der Waals surface area contributed by atoms with E-state index in [0.717, 1.165) is 11.3 Å². The second kappa shape index (κ2) is 5.57. The molecule has 0 aliphatic carbocycles. The highest BCUT2D eigenvalue weighted by atomic mass is 79.9. The Labute approximate surface area is 118 Å². The molecule has 0 aliphatic heterocycles. The minimum atomic E-state index is -0.656. The molecule has 2 N–H and O–H groups in total. The van der Waals surface area contributed by atoms with Crippen molar-refractivity contribution in [1.29, 1.82) is 0 Å². The normalized spacial score (nSPS) is 10.5. The molecule has 0 bridgehead atoms. The summed E-state index contributed by atoms with van der Waals surface area (Å²) in [6, 6.07) is 7.25. The third kappa shape index (κ3) is 3.23. The van der Waals surface area contributed by atoms with Crippen LogP contribution in [0.1, 0.15) is 11.1 Å². The molecule has 0 saturated carbocycles. The summed E-state index contributed by atoms with van der Waals surface area (Å²) in [7, 11) is 0. The molecule has 5 heteroatoms. The Morgan fingerprint density at radius 2 is 1.89 bits per heavy atom. The summed E-state index contributed by atoms with van der Waals surface area (Å²) in [6.07, 6.45) is 0. The van der Waals surface area contributed by atoms with Crippen LogP contribution in [0.3, 0.4) is 0 Å². The maximum atomic E-state index is 13.3. The highest BCUT2D eigenvalue weighted by Crippen LogP contribution is 2.25. The van der Waals surface area contributed by atoms with Gasteiger partial charge >= 0.3 is 0 Å². The summed E-state index contributed by atoms with van der Waals surface area (Å²) in [5, 5.41) is 12.2. The van der Waals surface area contributed by atoms with E-state index in [-0.39, 0.29) is 11.6 Å². The van der Waals surface area contributed by atoms with Gasteiger partial charge in [0.05, 0.1) is 4.47 Å². The van der Waals surface area contributed by atoms with Crippen molar-refractivity contribution in [2.45, 2.75) is 13.5 Å². The average molecular weight is 328 g/mol. The minimum Gasteiger partial charge on any atom is -0.505 e. The van der Waals surface area contributed by atoms with Crippen molar-refractivity contribution in [2.75, 3.05) is 5.32 Å². The lowest BCUT2D eigenvalue weighted by molar-refractivity contribution is 0.432. The van der Waals surface area contributed by atoms with Gasteiger partial charge in [-0.05, 0) is 58.2 Å². The van der Waals surface area contributed by atoms with Crippen molar-refractivity contribution in [3.8, 4) is 5.75 Å². The lowest BCUT2D eigenvalue weighted by Crippen LogP contribution is -2.02. The molecule has 19 heavy (non-hydrogen) atoms. The first-order valence-corrected chi connectivity index (χ1v) is 6.43. The largest absolute Gasteiger partial charge is 0.505 e. The van der Waals surface area contributed by atoms with Crippen molar-refractivity contribution < 1.29 is 13.9 Å². The van der Waals surface area contributed by atoms with Gasteiger partial charge in [-0.25, -0.2) is 8.78 Å². The quantitative estimate of drug-likeness (QED) is 0.878. The van der Waals surface area contributed by atoms with Crippen LogP contribution < -0.4 is 5.32 Å². The van der Waals surface area contributed by atoms with Crippen LogP contribution in [0, 0.1) is 18.6 Å². The van der Waals surface area contributed by atoms with Crippen LogP contribution in [0.25, 0.3) is 0 Å². The Balaban J connectivity index is 2.14. The van der Waals surface area contributed by atoms with Gasteiger partial charge in [-0.1, -0.05) is 6.07 Å². The van der Waals surface area contributed by atoms with Crippen molar-refractivity contribution >= 4 is 21.6 Å². The number of nitrogens with one attached hydrogen (secondary N) is 1. The highest BCUT2D eigenvalue weighted by molar-refractivity contribution is 9.10. The molecule has 0 atom stereocenters. The number of rotatable bonds is 3. The van der Waals surface area contributed by atoms with Crippen molar-refractivity contribution in [3.63, 3.8) is 0 Å². The van der Waals surface area contributed by atoms with Crippen LogP contribution in [0.2, 0.25) is 0 Å². The number of aryl methyl sites for hydroxylation is 1. The first-order chi connectivity index (χ1) is 8.97. The number of halogens is 3. The van der Waals surface area contributed by atoms with Gasteiger partial charge in [0.25, 0.3) is 0 Å². The van der Waals surface area contributed by atoms with Gasteiger partial charge in [-0.3, -0.25) is 0 Å². The average Bonchev–Trinajstić information content (AvgIpc) is 2.36. The number of phenols is 1. The fraction of sp³-hybridized carbons (Fsp3) is 0.143. The van der Waals surface area contributed by atoms with Crippen LogP contribution >= 0.6 is 15.9 Å². The van der Waals surface area contributed by atoms with Gasteiger partial charge in [0.2, 0.25) is 0 Å². The first-order valence-electron chi connectivity index (χ1n) is 5.64. The van der Waals surface area contributed by atoms with Crippen molar-refractivity contribution in [3.05, 3.63) is 57.6 Å². The van der Waals surface area contributed by atoms with E-state index >= 15 is 0 Å². The van der Waals surface area contributed by atoms with E-state index in [1.54, 1.807) is 19.1 Å². The number of benzene rings is 2. The van der Waals surface area contributed by atoms with Crippen LogP contribution in [0.15, 0.2) is 34.8 Å². The minimum absolute atomic E-state index is 0.321. The van der Waals surface area contributed by atoms with Crippen molar-refractivity contribution in [2.24, 2.45) is 0 Å². The Morgan fingerprint density at radius 3 is 2.58 bits per heavy atom. The van der Waals surface area contributed by atoms with Gasteiger partial charge < -0.3 is 10.4 Å². The maximum Gasteiger partial charge on any atom is 0.165 e. The molecule has 0 saturated heterocycles. The zero-order valence-electron chi connectivity index (χ0n) is 10.2. The fourth-order valence-corrected chi connectivity index (χ4v) is 2.04. The summed E-state index contributed by atoms with van der Waals surface area (Å²) in [6.45, 7) is 2.17. The summed E-state index contributed by atoms with van der Waals surface area (Å²) in [4.78, 5) is 0. The third-order valence-corrected chi connectivity index (χ3v) is 3.37. The van der Waals surface area contributed by atoms with Crippen molar-refractivity contribution in [1.82, 2.24) is 0 Å². The molecule has 0 unspecified atom stereocenters. The molecule has 2 nitrogen and oxygen atoms in total. The topological polar surface area (TPSA) is 32.3 Å². The van der Waals surface area contributed by atoms with E-state index in [4.69, 9.17) is 5.11 Å². The van der Waals surface area contributed by atoms with Crippen LogP contribution in [-0.4, -0.2) is 5.11 Å². The SMILES string of the molecule is Cc1cc(F)c(Br)cc1NCc1ccc(O)c(F)c1. The molecule has 0 amide bonds. The van der Waals surface area contributed by atoms with Gasteiger partial charge in [0.1, 0.15) is 5.82 Å². The summed E-state index contributed by atoms with van der Waals surface area (Å²) >= 11 is 3.12. The van der Waals surface area contributed by atoms with E-state index in [9.17, 15) is 8.78 Å². The Morgan fingerprint density at radius 1 is 1.16 bits per heavy atom. The number of aromatic hydroxyl groups is 1. The molecule has 0 aliphatic rings. The van der Waals surface area contributed by atoms with Gasteiger partial charge in [-0.15, -0.1) is 0 Å². The van der Waals surface area contributed by atoms with Crippen LogP contribution in [-0.2, 0) is 6.54 Å². The van der Waals surface area contributed by atoms with Gasteiger partial charge in [0, 0.05) is 12.2 Å². The van der Waals surface area contributed by atoms with Gasteiger partial charge in [-0.2, -0.15) is 0 Å². The summed E-state index contributed by atoms with van der Waals surface area (Å²) in [5.41, 5.74) is 2.22. The Hall–Kier alpha value is -1.62. The van der Waals surface area contributed by atoms with E-state index in [1.807, 2.05) is 0 Å². The molecule has 2 aromatic carbocycles. The third-order valence-electron chi connectivity index (χ3n) is 2.76. The molecular weight excluding hydrogens is 316 g/mol. The monoisotopic (exact) mass is 327 g/mol. The first kappa shape index (κ1) is 13.8. The summed E-state index contributed by atoms with van der Waals surface area (Å²) < 4.78 is 26.8. The number of anilines is 1. The van der Waals surface area contributed by atoms with E-state index in [0.29, 0.717) is 16.6 Å². The van der Waals surface area contributed by atoms with Crippen LogP contribution in [0.5, 0.6) is 5.75 Å². The van der Waals surface area contributed by atoms with E-state index in [1.165, 1.54) is 18.2 Å². The summed E-state index contributed by atoms with van der Waals surface area (Å²) in [5.74, 6) is -1.35. The van der Waals surface area contributed by atoms with E-state index in [2.05, 4.69) is 21.2 Å². The molecule has 0 radical (unpaired) electrons. The second-order valence-electron chi connectivity index (χ2n) is 4.22. The molecule has 0 fully saturated rings. The number of hydrogen-bond acceptors (Lipinski definition) is 2. The highest BCUT2D eigenvalue weighted by Gasteiger charge is 2.06. The number of phenolic OH excluding ortho intramolecular Hbond substituents is 1. The molecular formula is C14H12BrF2NO. The zero-order valence-corrected chi connectivity index (χ0v) is 11.8. The molecule has 0 heterocycles. The Kier molecular flexibility index (Phi) is 4.04. The molecule has 2 rings (SSSR count). The predicted octanol–water partition coefficient (Wildman–Crippen LogP) is 4.35. The maximum absolute atomic E-state index is 13.3. The predicted molar refractivity (Wildman–Crippen MR) is 74.2 cm³/mol. The van der Waals surface area contributed by atoms with Crippen LogP contribution in [0.4, 0.5) is 14.5 Å². The zero-order chi connectivity index (χ0) is 14.0. The van der Waals surface area contributed by atoms with E-state index < -0.39 is 5.82 Å². The Bertz CT molecular complexity index is 617.